The fourth-order valence-electron chi connectivity index (χ4n) is 3.03. The molecule has 0 atom stereocenters. The van der Waals surface area contributed by atoms with Gasteiger partial charge in [-0.15, -0.1) is 11.3 Å². The highest BCUT2D eigenvalue weighted by Gasteiger charge is 2.08. The van der Waals surface area contributed by atoms with Gasteiger partial charge in [-0.05, 0) is 37.1 Å². The minimum atomic E-state index is 0.0209. The first-order valence-corrected chi connectivity index (χ1v) is 9.44. The Hall–Kier alpha value is -2.92. The lowest BCUT2D eigenvalue weighted by molar-refractivity contribution is -0.116. The number of thiazole rings is 1. The van der Waals surface area contributed by atoms with E-state index >= 15 is 0 Å². The molecule has 0 unspecified atom stereocenters. The molecule has 26 heavy (non-hydrogen) atoms. The van der Waals surface area contributed by atoms with Crippen LogP contribution in [0.2, 0.25) is 0 Å². The van der Waals surface area contributed by atoms with Gasteiger partial charge in [-0.1, -0.05) is 30.3 Å². The van der Waals surface area contributed by atoms with Gasteiger partial charge in [0.1, 0.15) is 0 Å². The van der Waals surface area contributed by atoms with Crippen molar-refractivity contribution in [3.8, 4) is 11.3 Å². The summed E-state index contributed by atoms with van der Waals surface area (Å²) in [4.78, 5) is 20.0. The van der Waals surface area contributed by atoms with Crippen LogP contribution in [0.3, 0.4) is 0 Å². The number of nitrogens with zero attached hydrogens (tertiary/aromatic N) is 1. The number of hydrogen-bond donors (Lipinski definition) is 2. The van der Waals surface area contributed by atoms with Crippen LogP contribution in [0.25, 0.3) is 22.2 Å². The van der Waals surface area contributed by atoms with Crippen LogP contribution in [0, 0.1) is 6.92 Å². The van der Waals surface area contributed by atoms with Gasteiger partial charge in [-0.3, -0.25) is 4.79 Å². The molecule has 2 heterocycles. The quantitative estimate of drug-likeness (QED) is 0.515. The summed E-state index contributed by atoms with van der Waals surface area (Å²) in [6.45, 7) is 2.00. The highest BCUT2D eigenvalue weighted by molar-refractivity contribution is 7.09. The normalized spacial score (nSPS) is 11.0. The zero-order valence-electron chi connectivity index (χ0n) is 14.5. The maximum atomic E-state index is 12.3. The molecule has 0 radical (unpaired) electrons. The molecule has 1 amide bonds. The number of hydrogen-bond acceptors (Lipinski definition) is 3. The standard InChI is InChI=1S/C21H19N3OS/c1-14-23-20(13-26-14)15-6-9-17(10-7-15)24-21(25)11-8-16-12-22-19-5-3-2-4-18(16)19/h2-7,9-10,12-13,22H,8,11H2,1H3,(H,24,25). The third kappa shape index (κ3) is 3.53. The summed E-state index contributed by atoms with van der Waals surface area (Å²) in [6, 6.07) is 16.0. The van der Waals surface area contributed by atoms with Gasteiger partial charge in [0.2, 0.25) is 5.91 Å². The Labute approximate surface area is 155 Å². The van der Waals surface area contributed by atoms with Crippen LogP contribution >= 0.6 is 11.3 Å². The number of carbonyl (C=O) groups is 1. The fraction of sp³-hybridized carbons (Fsp3) is 0.143. The van der Waals surface area contributed by atoms with Gasteiger partial charge in [-0.2, -0.15) is 0 Å². The molecule has 0 saturated heterocycles. The van der Waals surface area contributed by atoms with Crippen molar-refractivity contribution >= 4 is 33.8 Å². The van der Waals surface area contributed by atoms with Crippen molar-refractivity contribution in [2.75, 3.05) is 5.32 Å². The van der Waals surface area contributed by atoms with Crippen molar-refractivity contribution in [2.24, 2.45) is 0 Å². The highest BCUT2D eigenvalue weighted by Crippen LogP contribution is 2.23. The average Bonchev–Trinajstić information content (AvgIpc) is 3.27. The molecule has 5 heteroatoms. The number of rotatable bonds is 5. The average molecular weight is 361 g/mol. The third-order valence-electron chi connectivity index (χ3n) is 4.38. The van der Waals surface area contributed by atoms with Crippen molar-refractivity contribution < 1.29 is 4.79 Å². The second-order valence-electron chi connectivity index (χ2n) is 6.24. The van der Waals surface area contributed by atoms with Gasteiger partial charge in [0.25, 0.3) is 0 Å². The van der Waals surface area contributed by atoms with Crippen molar-refractivity contribution in [1.29, 1.82) is 0 Å². The second-order valence-corrected chi connectivity index (χ2v) is 7.30. The van der Waals surface area contributed by atoms with Gasteiger partial charge in [0, 0.05) is 40.2 Å². The second kappa shape index (κ2) is 7.14. The van der Waals surface area contributed by atoms with E-state index in [0.29, 0.717) is 12.8 Å². The SMILES string of the molecule is Cc1nc(-c2ccc(NC(=O)CCc3c[nH]c4ccccc34)cc2)cs1. The number of benzene rings is 2. The highest BCUT2D eigenvalue weighted by atomic mass is 32.1. The summed E-state index contributed by atoms with van der Waals surface area (Å²) < 4.78 is 0. The molecule has 0 fully saturated rings. The van der Waals surface area contributed by atoms with E-state index in [9.17, 15) is 4.79 Å². The first-order chi connectivity index (χ1) is 12.7. The van der Waals surface area contributed by atoms with E-state index in [0.717, 1.165) is 27.5 Å². The van der Waals surface area contributed by atoms with Crippen molar-refractivity contribution in [3.05, 3.63) is 70.7 Å². The zero-order chi connectivity index (χ0) is 17.9. The molecule has 4 rings (SSSR count). The zero-order valence-corrected chi connectivity index (χ0v) is 15.3. The van der Waals surface area contributed by atoms with Crippen LogP contribution in [0.5, 0.6) is 0 Å². The molecule has 2 aromatic carbocycles. The van der Waals surface area contributed by atoms with Crippen LogP contribution in [0.4, 0.5) is 5.69 Å². The molecule has 4 aromatic rings. The van der Waals surface area contributed by atoms with Crippen LogP contribution in [-0.4, -0.2) is 15.9 Å². The lowest BCUT2D eigenvalue weighted by Crippen LogP contribution is -2.12. The van der Waals surface area contributed by atoms with E-state index in [1.165, 1.54) is 10.9 Å². The molecule has 130 valence electrons. The van der Waals surface area contributed by atoms with Crippen molar-refractivity contribution in [1.82, 2.24) is 9.97 Å². The molecule has 0 aliphatic rings. The third-order valence-corrected chi connectivity index (χ3v) is 5.15. The summed E-state index contributed by atoms with van der Waals surface area (Å²) in [5.74, 6) is 0.0209. The number of fused-ring (bicyclic) bond motifs is 1. The Morgan fingerprint density at radius 3 is 2.73 bits per heavy atom. The van der Waals surface area contributed by atoms with Gasteiger partial charge in [0.15, 0.2) is 0 Å². The first-order valence-electron chi connectivity index (χ1n) is 8.56. The molecule has 0 bridgehead atoms. The molecule has 2 aromatic heterocycles. The minimum absolute atomic E-state index is 0.0209. The summed E-state index contributed by atoms with van der Waals surface area (Å²) in [6.07, 6.45) is 3.16. The molecule has 0 saturated carbocycles. The van der Waals surface area contributed by atoms with E-state index in [2.05, 4.69) is 21.4 Å². The Morgan fingerprint density at radius 2 is 1.96 bits per heavy atom. The number of H-pyrrole nitrogens is 1. The van der Waals surface area contributed by atoms with E-state index in [-0.39, 0.29) is 5.91 Å². The number of anilines is 1. The Balaban J connectivity index is 1.37. The van der Waals surface area contributed by atoms with Gasteiger partial charge < -0.3 is 10.3 Å². The Bertz CT molecular complexity index is 1050. The predicted molar refractivity (Wildman–Crippen MR) is 108 cm³/mol. The smallest absolute Gasteiger partial charge is 0.224 e. The number of amides is 1. The maximum absolute atomic E-state index is 12.3. The van der Waals surface area contributed by atoms with Gasteiger partial charge in [0.05, 0.1) is 10.7 Å². The first kappa shape index (κ1) is 16.5. The van der Waals surface area contributed by atoms with Crippen LogP contribution in [-0.2, 0) is 11.2 Å². The molecule has 0 spiro atoms. The number of carbonyl (C=O) groups excluding carboxylic acids is 1. The van der Waals surface area contributed by atoms with Gasteiger partial charge >= 0.3 is 0 Å². The number of aryl methyl sites for hydroxylation is 2. The van der Waals surface area contributed by atoms with Crippen LogP contribution < -0.4 is 5.32 Å². The van der Waals surface area contributed by atoms with E-state index in [1.807, 2.05) is 61.0 Å². The summed E-state index contributed by atoms with van der Waals surface area (Å²) >= 11 is 1.64. The summed E-state index contributed by atoms with van der Waals surface area (Å²) in [5, 5.41) is 7.25. The molecule has 2 N–H and O–H groups in total. The maximum Gasteiger partial charge on any atom is 0.224 e. The molecular weight excluding hydrogens is 342 g/mol. The lowest BCUT2D eigenvalue weighted by Gasteiger charge is -2.06. The number of aromatic nitrogens is 2. The van der Waals surface area contributed by atoms with E-state index in [1.54, 1.807) is 11.3 Å². The Kier molecular flexibility index (Phi) is 4.54. The minimum Gasteiger partial charge on any atom is -0.361 e. The van der Waals surface area contributed by atoms with Crippen molar-refractivity contribution in [2.45, 2.75) is 19.8 Å². The summed E-state index contributed by atoms with van der Waals surface area (Å²) in [5.41, 5.74) is 5.13. The number of aromatic amines is 1. The lowest BCUT2D eigenvalue weighted by atomic mass is 10.1. The monoisotopic (exact) mass is 361 g/mol. The molecular formula is C21H19N3OS. The Morgan fingerprint density at radius 1 is 1.15 bits per heavy atom. The fourth-order valence-corrected chi connectivity index (χ4v) is 3.65. The molecule has 4 nitrogen and oxygen atoms in total. The largest absolute Gasteiger partial charge is 0.361 e. The molecule has 0 aliphatic heterocycles. The topological polar surface area (TPSA) is 57.8 Å². The van der Waals surface area contributed by atoms with Gasteiger partial charge in [-0.25, -0.2) is 4.98 Å². The van der Waals surface area contributed by atoms with E-state index in [4.69, 9.17) is 0 Å². The van der Waals surface area contributed by atoms with Crippen LogP contribution in [0.1, 0.15) is 17.0 Å². The van der Waals surface area contributed by atoms with Crippen molar-refractivity contribution in [3.63, 3.8) is 0 Å². The number of para-hydroxylation sites is 1. The van der Waals surface area contributed by atoms with Crippen LogP contribution in [0.15, 0.2) is 60.1 Å². The molecule has 0 aliphatic carbocycles. The van der Waals surface area contributed by atoms with E-state index < -0.39 is 0 Å². The predicted octanol–water partition coefficient (Wildman–Crippen LogP) is 5.17. The number of nitrogens with one attached hydrogen (secondary N) is 2. The summed E-state index contributed by atoms with van der Waals surface area (Å²) in [7, 11) is 0.